The highest BCUT2D eigenvalue weighted by atomic mass is 32.1. The van der Waals surface area contributed by atoms with Crippen molar-refractivity contribution in [1.82, 2.24) is 4.37 Å². The maximum atomic E-state index is 12.1. The highest BCUT2D eigenvalue weighted by Gasteiger charge is 2.28. The third-order valence-corrected chi connectivity index (χ3v) is 3.25. The van der Waals surface area contributed by atoms with E-state index in [1.165, 1.54) is 24.4 Å². The summed E-state index contributed by atoms with van der Waals surface area (Å²) in [6.45, 7) is 7.45. The van der Waals surface area contributed by atoms with Gasteiger partial charge in [-0.1, -0.05) is 0 Å². The third-order valence-electron chi connectivity index (χ3n) is 2.38. The predicted octanol–water partition coefficient (Wildman–Crippen LogP) is 2.98. The Hall–Kier alpha value is -1.10. The molecule has 0 amide bonds. The molecule has 2 rings (SSSR count). The van der Waals surface area contributed by atoms with Crippen molar-refractivity contribution in [2.45, 2.75) is 52.2 Å². The van der Waals surface area contributed by atoms with Crippen LogP contribution in [0.5, 0.6) is 0 Å². The largest absolute Gasteiger partial charge is 0.456 e. The monoisotopic (exact) mass is 254 g/mol. The zero-order valence-electron chi connectivity index (χ0n) is 10.7. The number of hydrogen-bond donors (Lipinski definition) is 1. The van der Waals surface area contributed by atoms with E-state index in [9.17, 15) is 4.79 Å². The molecule has 17 heavy (non-hydrogen) atoms. The maximum Gasteiger partial charge on any atom is 0.343 e. The average molecular weight is 254 g/mol. The number of rotatable bonds is 3. The van der Waals surface area contributed by atoms with Crippen LogP contribution < -0.4 is 5.32 Å². The first-order valence-corrected chi connectivity index (χ1v) is 6.60. The van der Waals surface area contributed by atoms with Crippen molar-refractivity contribution in [3.05, 3.63) is 11.3 Å². The van der Waals surface area contributed by atoms with Gasteiger partial charge in [0.2, 0.25) is 0 Å². The van der Waals surface area contributed by atoms with E-state index in [1.807, 2.05) is 27.7 Å². The molecule has 1 aromatic heterocycles. The van der Waals surface area contributed by atoms with Crippen LogP contribution in [0.15, 0.2) is 0 Å². The van der Waals surface area contributed by atoms with Gasteiger partial charge >= 0.3 is 5.97 Å². The molecule has 1 saturated carbocycles. The van der Waals surface area contributed by atoms with Crippen LogP contribution in [0.25, 0.3) is 0 Å². The lowest BCUT2D eigenvalue weighted by molar-refractivity contribution is 0.00702. The second kappa shape index (κ2) is 4.29. The Labute approximate surface area is 106 Å². The van der Waals surface area contributed by atoms with Gasteiger partial charge in [-0.25, -0.2) is 4.79 Å². The third kappa shape index (κ3) is 3.19. The first kappa shape index (κ1) is 12.4. The number of carbonyl (C=O) groups is 1. The van der Waals surface area contributed by atoms with E-state index < -0.39 is 5.60 Å². The summed E-state index contributed by atoms with van der Waals surface area (Å²) in [6.07, 6.45) is 2.34. The molecule has 1 aliphatic rings. The van der Waals surface area contributed by atoms with Crippen LogP contribution in [0.2, 0.25) is 0 Å². The normalized spacial score (nSPS) is 15.8. The Morgan fingerprint density at radius 3 is 2.65 bits per heavy atom. The molecule has 0 atom stereocenters. The summed E-state index contributed by atoms with van der Waals surface area (Å²) in [6, 6.07) is 0.510. The zero-order chi connectivity index (χ0) is 12.6. The van der Waals surface area contributed by atoms with Crippen LogP contribution in [0, 0.1) is 6.92 Å². The molecule has 0 spiro atoms. The zero-order valence-corrected chi connectivity index (χ0v) is 11.5. The van der Waals surface area contributed by atoms with Crippen LogP contribution in [0.3, 0.4) is 0 Å². The SMILES string of the molecule is Cc1nsc(NC2CC2)c1C(=O)OC(C)(C)C. The molecule has 5 heteroatoms. The molecular formula is C12H18N2O2S. The number of carbonyl (C=O) groups excluding carboxylic acids is 1. The number of nitrogens with zero attached hydrogens (tertiary/aromatic N) is 1. The summed E-state index contributed by atoms with van der Waals surface area (Å²) in [5, 5.41) is 4.17. The van der Waals surface area contributed by atoms with E-state index in [0.717, 1.165) is 10.7 Å². The topological polar surface area (TPSA) is 51.2 Å². The van der Waals surface area contributed by atoms with Crippen LogP contribution in [-0.4, -0.2) is 22.0 Å². The molecule has 1 aliphatic carbocycles. The Morgan fingerprint density at radius 2 is 2.12 bits per heavy atom. The first-order chi connectivity index (χ1) is 7.87. The lowest BCUT2D eigenvalue weighted by atomic mass is 10.2. The number of nitrogens with one attached hydrogen (secondary N) is 1. The standard InChI is InChI=1S/C12H18N2O2S/c1-7-9(11(15)16-12(2,3)4)10(17-14-7)13-8-5-6-8/h8,13H,5-6H2,1-4H3. The minimum absolute atomic E-state index is 0.285. The van der Waals surface area contributed by atoms with Gasteiger partial charge in [-0.3, -0.25) is 0 Å². The van der Waals surface area contributed by atoms with Gasteiger partial charge in [-0.05, 0) is 52.1 Å². The van der Waals surface area contributed by atoms with Crippen molar-refractivity contribution < 1.29 is 9.53 Å². The van der Waals surface area contributed by atoms with Gasteiger partial charge in [-0.15, -0.1) is 0 Å². The van der Waals surface area contributed by atoms with E-state index in [2.05, 4.69) is 9.69 Å². The van der Waals surface area contributed by atoms with Gasteiger partial charge < -0.3 is 10.1 Å². The number of ether oxygens (including phenoxy) is 1. The fourth-order valence-corrected chi connectivity index (χ4v) is 2.31. The molecule has 1 fully saturated rings. The number of aromatic nitrogens is 1. The van der Waals surface area contributed by atoms with Crippen molar-refractivity contribution in [2.75, 3.05) is 5.32 Å². The molecule has 1 aromatic rings. The van der Waals surface area contributed by atoms with Gasteiger partial charge in [0.25, 0.3) is 0 Å². The highest BCUT2D eigenvalue weighted by molar-refractivity contribution is 7.10. The summed E-state index contributed by atoms with van der Waals surface area (Å²) >= 11 is 1.34. The summed E-state index contributed by atoms with van der Waals surface area (Å²) < 4.78 is 9.62. The minimum atomic E-state index is -0.470. The van der Waals surface area contributed by atoms with E-state index in [-0.39, 0.29) is 5.97 Å². The second-order valence-electron chi connectivity index (χ2n) is 5.39. The van der Waals surface area contributed by atoms with E-state index in [4.69, 9.17) is 4.74 Å². The van der Waals surface area contributed by atoms with Gasteiger partial charge in [0.05, 0.1) is 5.69 Å². The van der Waals surface area contributed by atoms with Crippen LogP contribution >= 0.6 is 11.5 Å². The minimum Gasteiger partial charge on any atom is -0.456 e. The van der Waals surface area contributed by atoms with Gasteiger partial charge in [0, 0.05) is 6.04 Å². The molecule has 1 N–H and O–H groups in total. The van der Waals surface area contributed by atoms with Crippen LogP contribution in [0.4, 0.5) is 5.00 Å². The molecule has 0 bridgehead atoms. The molecular weight excluding hydrogens is 236 g/mol. The molecule has 1 heterocycles. The van der Waals surface area contributed by atoms with E-state index in [1.54, 1.807) is 0 Å². The average Bonchev–Trinajstić information content (AvgIpc) is 2.88. The summed E-state index contributed by atoms with van der Waals surface area (Å²) in [5.74, 6) is -0.285. The fourth-order valence-electron chi connectivity index (χ4n) is 1.45. The van der Waals surface area contributed by atoms with Crippen molar-refractivity contribution in [1.29, 1.82) is 0 Å². The predicted molar refractivity (Wildman–Crippen MR) is 68.7 cm³/mol. The summed E-state index contributed by atoms with van der Waals surface area (Å²) in [5.41, 5.74) is 0.867. The lowest BCUT2D eigenvalue weighted by Crippen LogP contribution is -2.24. The highest BCUT2D eigenvalue weighted by Crippen LogP contribution is 2.32. The Kier molecular flexibility index (Phi) is 3.12. The van der Waals surface area contributed by atoms with Crippen LogP contribution in [-0.2, 0) is 4.74 Å². The summed E-state index contributed by atoms with van der Waals surface area (Å²) in [4.78, 5) is 12.1. The quantitative estimate of drug-likeness (QED) is 0.842. The molecule has 0 saturated heterocycles. The molecule has 0 aliphatic heterocycles. The molecule has 94 valence electrons. The number of anilines is 1. The number of hydrogen-bond acceptors (Lipinski definition) is 5. The smallest absolute Gasteiger partial charge is 0.343 e. The molecule has 4 nitrogen and oxygen atoms in total. The summed E-state index contributed by atoms with van der Waals surface area (Å²) in [7, 11) is 0. The Bertz CT molecular complexity index is 430. The Balaban J connectivity index is 2.17. The second-order valence-corrected chi connectivity index (χ2v) is 6.17. The van der Waals surface area contributed by atoms with Gasteiger partial charge in [0.1, 0.15) is 16.2 Å². The first-order valence-electron chi connectivity index (χ1n) is 5.83. The van der Waals surface area contributed by atoms with Crippen molar-refractivity contribution in [3.63, 3.8) is 0 Å². The van der Waals surface area contributed by atoms with Crippen molar-refractivity contribution >= 4 is 22.5 Å². The van der Waals surface area contributed by atoms with Gasteiger partial charge in [-0.2, -0.15) is 4.37 Å². The molecule has 0 aromatic carbocycles. The van der Waals surface area contributed by atoms with Crippen molar-refractivity contribution in [2.24, 2.45) is 0 Å². The van der Waals surface area contributed by atoms with Gasteiger partial charge in [0.15, 0.2) is 0 Å². The molecule has 0 radical (unpaired) electrons. The Morgan fingerprint density at radius 1 is 1.47 bits per heavy atom. The number of aryl methyl sites for hydroxylation is 1. The van der Waals surface area contributed by atoms with E-state index >= 15 is 0 Å². The fraction of sp³-hybridized carbons (Fsp3) is 0.667. The van der Waals surface area contributed by atoms with Crippen LogP contribution in [0.1, 0.15) is 49.7 Å². The lowest BCUT2D eigenvalue weighted by Gasteiger charge is -2.19. The number of esters is 1. The van der Waals surface area contributed by atoms with E-state index in [0.29, 0.717) is 11.6 Å². The molecule has 0 unspecified atom stereocenters. The maximum absolute atomic E-state index is 12.1. The van der Waals surface area contributed by atoms with Crippen molar-refractivity contribution in [3.8, 4) is 0 Å².